The number of rotatable bonds is 14. The van der Waals surface area contributed by atoms with E-state index in [0.29, 0.717) is 0 Å². The van der Waals surface area contributed by atoms with Gasteiger partial charge in [0.25, 0.3) is 0 Å². The molecule has 12 rings (SSSR count). The molecule has 0 fully saturated rings. The second-order valence-electron chi connectivity index (χ2n) is 18.8. The van der Waals surface area contributed by atoms with Crippen molar-refractivity contribution in [3.8, 4) is 11.1 Å². The molecule has 0 amide bonds. The van der Waals surface area contributed by atoms with Gasteiger partial charge >= 0.3 is 0 Å². The molecule has 0 N–H and O–H groups in total. The zero-order valence-electron chi connectivity index (χ0n) is 40.7. The van der Waals surface area contributed by atoms with Crippen LogP contribution in [0.1, 0.15) is 46.2 Å². The van der Waals surface area contributed by atoms with Gasteiger partial charge in [-0.05, 0) is 148 Å². The zero-order chi connectivity index (χ0) is 48.8. The minimum Gasteiger partial charge on any atom is -0.334 e. The van der Waals surface area contributed by atoms with Crippen LogP contribution in [0, 0.1) is 0 Å². The van der Waals surface area contributed by atoms with E-state index < -0.39 is 0 Å². The Labute approximate surface area is 429 Å². The topological polar surface area (TPSA) is 9.72 Å². The highest BCUT2D eigenvalue weighted by atomic mass is 15.2. The lowest BCUT2D eigenvalue weighted by Crippen LogP contribution is -2.25. The predicted octanol–water partition coefficient (Wildman–Crippen LogP) is 19.1. The average molecular weight is 938 g/mol. The number of nitrogens with zero attached hydrogens (tertiary/aromatic N) is 3. The van der Waals surface area contributed by atoms with Gasteiger partial charge < -0.3 is 14.7 Å². The lowest BCUT2D eigenvalue weighted by atomic mass is 9.85. The molecule has 2 atom stereocenters. The van der Waals surface area contributed by atoms with Crippen molar-refractivity contribution in [3.63, 3.8) is 0 Å². The van der Waals surface area contributed by atoms with E-state index in [-0.39, 0.29) is 12.0 Å². The monoisotopic (exact) mass is 937 g/mol. The Morgan fingerprint density at radius 1 is 0.356 bits per heavy atom. The molecule has 0 spiro atoms. The summed E-state index contributed by atoms with van der Waals surface area (Å²) in [4.78, 5) is 7.24. The van der Waals surface area contributed by atoms with E-state index >= 15 is 0 Å². The molecule has 1 aliphatic rings. The van der Waals surface area contributed by atoms with E-state index in [0.717, 1.165) is 58.2 Å². The first kappa shape index (κ1) is 45.0. The molecular formula is C70H55N3. The standard InChI is InChI=1S/C70H55N3/c1-5-19-52(20-6-1)51-68(57-21-7-2-8-22-57)58-39-45-64(46-40-58)72(69-33-17-25-55-23-13-15-31-66(55)69)62-41-35-53(36-42-62)54-37-43-63(44-38-54)73(70-34-18-26-56-24-14-16-32-67(56)70)65-49-47-61(48-50-65)71(59-27-9-3-10-28-59)60-29-11-4-12-30-60/h1-32,34-50,68-69H,33,51H2. The van der Waals surface area contributed by atoms with Gasteiger partial charge in [-0.25, -0.2) is 0 Å². The highest BCUT2D eigenvalue weighted by Crippen LogP contribution is 2.44. The predicted molar refractivity (Wildman–Crippen MR) is 309 cm³/mol. The Kier molecular flexibility index (Phi) is 12.7. The van der Waals surface area contributed by atoms with E-state index in [4.69, 9.17) is 0 Å². The van der Waals surface area contributed by atoms with Crippen LogP contribution in [0.3, 0.4) is 0 Å². The smallest absolute Gasteiger partial charge is 0.0631 e. The van der Waals surface area contributed by atoms with E-state index in [1.165, 1.54) is 49.8 Å². The normalized spacial score (nSPS) is 13.2. The quantitative estimate of drug-likeness (QED) is 0.108. The Morgan fingerprint density at radius 2 is 0.808 bits per heavy atom. The fourth-order valence-corrected chi connectivity index (χ4v) is 10.8. The van der Waals surface area contributed by atoms with Crippen LogP contribution < -0.4 is 14.7 Å². The van der Waals surface area contributed by atoms with E-state index in [2.05, 4.69) is 312 Å². The van der Waals surface area contributed by atoms with Crippen LogP contribution in [0.5, 0.6) is 0 Å². The van der Waals surface area contributed by atoms with Crippen LogP contribution >= 0.6 is 0 Å². The lowest BCUT2D eigenvalue weighted by Gasteiger charge is -2.36. The van der Waals surface area contributed by atoms with Gasteiger partial charge in [-0.1, -0.05) is 206 Å². The van der Waals surface area contributed by atoms with Crippen molar-refractivity contribution in [1.29, 1.82) is 0 Å². The number of benzene rings is 11. The molecule has 0 radical (unpaired) electrons. The molecule has 0 aromatic heterocycles. The molecule has 11 aromatic rings. The third-order valence-corrected chi connectivity index (χ3v) is 14.4. The summed E-state index contributed by atoms with van der Waals surface area (Å²) < 4.78 is 0. The van der Waals surface area contributed by atoms with Crippen molar-refractivity contribution in [3.05, 3.63) is 319 Å². The van der Waals surface area contributed by atoms with Gasteiger partial charge in [-0.15, -0.1) is 0 Å². The summed E-state index contributed by atoms with van der Waals surface area (Å²) in [5.74, 6) is 0.241. The molecule has 0 heterocycles. The van der Waals surface area contributed by atoms with Crippen molar-refractivity contribution in [2.45, 2.75) is 24.8 Å². The molecule has 0 aliphatic heterocycles. The third-order valence-electron chi connectivity index (χ3n) is 14.4. The molecule has 0 saturated carbocycles. The summed E-state index contributed by atoms with van der Waals surface area (Å²) in [6.45, 7) is 0. The molecule has 1 aliphatic carbocycles. The fourth-order valence-electron chi connectivity index (χ4n) is 10.8. The Hall–Kier alpha value is -9.18. The van der Waals surface area contributed by atoms with Crippen LogP contribution in [0.4, 0.5) is 45.5 Å². The molecule has 3 heteroatoms. The second kappa shape index (κ2) is 20.7. The van der Waals surface area contributed by atoms with Gasteiger partial charge in [-0.2, -0.15) is 0 Å². The van der Waals surface area contributed by atoms with E-state index in [1.807, 2.05) is 0 Å². The average Bonchev–Trinajstić information content (AvgIpc) is 3.47. The number of para-hydroxylation sites is 2. The zero-order valence-corrected chi connectivity index (χ0v) is 40.7. The van der Waals surface area contributed by atoms with Gasteiger partial charge in [0.1, 0.15) is 0 Å². The minimum absolute atomic E-state index is 0.139. The van der Waals surface area contributed by atoms with Gasteiger partial charge in [0.05, 0.1) is 11.7 Å². The first-order chi connectivity index (χ1) is 36.2. The van der Waals surface area contributed by atoms with Crippen molar-refractivity contribution in [1.82, 2.24) is 0 Å². The van der Waals surface area contributed by atoms with E-state index in [1.54, 1.807) is 0 Å². The summed E-state index contributed by atoms with van der Waals surface area (Å²) in [6.07, 6.45) is 6.46. The van der Waals surface area contributed by atoms with Crippen LogP contribution in [-0.4, -0.2) is 0 Å². The summed E-state index contributed by atoms with van der Waals surface area (Å²) >= 11 is 0. The molecular weight excluding hydrogens is 883 g/mol. The number of hydrogen-bond acceptors (Lipinski definition) is 3. The van der Waals surface area contributed by atoms with Gasteiger partial charge in [0.2, 0.25) is 0 Å². The highest BCUT2D eigenvalue weighted by Gasteiger charge is 2.27. The maximum absolute atomic E-state index is 2.54. The molecule has 350 valence electrons. The van der Waals surface area contributed by atoms with Gasteiger partial charge in [-0.3, -0.25) is 0 Å². The summed E-state index contributed by atoms with van der Waals surface area (Å²) in [7, 11) is 0. The minimum atomic E-state index is 0.139. The van der Waals surface area contributed by atoms with E-state index in [9.17, 15) is 0 Å². The SMILES string of the molecule is C1=Cc2ccccc2C(N(c2ccc(-c3ccc(N(c4ccc(N(c5ccccc5)c5ccccc5)cc4)c4cccc5ccccc45)cc3)cc2)c2ccc(C(Cc3ccccc3)c3ccccc3)cc2)C1. The lowest BCUT2D eigenvalue weighted by molar-refractivity contribution is 0.701. The first-order valence-electron chi connectivity index (χ1n) is 25.4. The van der Waals surface area contributed by atoms with Crippen LogP contribution in [0.25, 0.3) is 28.0 Å². The Balaban J connectivity index is 0.875. The maximum Gasteiger partial charge on any atom is 0.0631 e. The molecule has 0 bridgehead atoms. The first-order valence-corrected chi connectivity index (χ1v) is 25.4. The Morgan fingerprint density at radius 3 is 1.44 bits per heavy atom. The fraction of sp³-hybridized carbons (Fsp3) is 0.0571. The number of fused-ring (bicyclic) bond motifs is 2. The summed E-state index contributed by atoms with van der Waals surface area (Å²) in [5.41, 5.74) is 17.9. The van der Waals surface area contributed by atoms with Gasteiger partial charge in [0, 0.05) is 51.1 Å². The molecule has 73 heavy (non-hydrogen) atoms. The van der Waals surface area contributed by atoms with Crippen LogP contribution in [0.15, 0.2) is 291 Å². The largest absolute Gasteiger partial charge is 0.334 e. The Bertz CT molecular complexity index is 3550. The molecule has 0 saturated heterocycles. The van der Waals surface area contributed by atoms with Crippen molar-refractivity contribution in [2.75, 3.05) is 14.7 Å². The van der Waals surface area contributed by atoms with Crippen LogP contribution in [0.2, 0.25) is 0 Å². The number of hydrogen-bond donors (Lipinski definition) is 0. The maximum atomic E-state index is 2.54. The van der Waals surface area contributed by atoms with Gasteiger partial charge in [0.15, 0.2) is 0 Å². The number of anilines is 8. The van der Waals surface area contributed by atoms with Crippen LogP contribution in [-0.2, 0) is 6.42 Å². The molecule has 3 nitrogen and oxygen atoms in total. The van der Waals surface area contributed by atoms with Crippen molar-refractivity contribution >= 4 is 62.3 Å². The van der Waals surface area contributed by atoms with Crippen molar-refractivity contribution < 1.29 is 0 Å². The molecule has 11 aromatic carbocycles. The highest BCUT2D eigenvalue weighted by molar-refractivity contribution is 5.99. The van der Waals surface area contributed by atoms with Crippen molar-refractivity contribution in [2.24, 2.45) is 0 Å². The summed E-state index contributed by atoms with van der Waals surface area (Å²) in [5, 5.41) is 2.40. The third kappa shape index (κ3) is 9.45. The second-order valence-corrected chi connectivity index (χ2v) is 18.8. The summed E-state index contributed by atoms with van der Waals surface area (Å²) in [6, 6.07) is 104. The molecule has 2 unspecified atom stereocenters.